The molecule has 0 radical (unpaired) electrons. The van der Waals surface area contributed by atoms with Gasteiger partial charge in [-0.2, -0.15) is 0 Å². The van der Waals surface area contributed by atoms with Crippen LogP contribution >= 0.6 is 0 Å². The first kappa shape index (κ1) is 15.9. The van der Waals surface area contributed by atoms with Gasteiger partial charge in [0.15, 0.2) is 0 Å². The van der Waals surface area contributed by atoms with Crippen LogP contribution in [-0.4, -0.2) is 26.1 Å². The van der Waals surface area contributed by atoms with Crippen LogP contribution in [0.15, 0.2) is 30.4 Å². The molecule has 0 saturated heterocycles. The Bertz CT molecular complexity index is 574. The molecule has 2 atom stereocenters. The molecule has 22 heavy (non-hydrogen) atoms. The molecule has 0 fully saturated rings. The van der Waals surface area contributed by atoms with Crippen molar-refractivity contribution in [3.8, 4) is 11.5 Å². The summed E-state index contributed by atoms with van der Waals surface area (Å²) < 4.78 is 10.3. The van der Waals surface area contributed by atoms with E-state index in [0.29, 0.717) is 30.0 Å². The van der Waals surface area contributed by atoms with Crippen LogP contribution in [0.3, 0.4) is 0 Å². The summed E-state index contributed by atoms with van der Waals surface area (Å²) in [5.74, 6) is -1.93. The zero-order chi connectivity index (χ0) is 16.1. The molecule has 118 valence electrons. The Morgan fingerprint density at radius 3 is 2.09 bits per heavy atom. The first-order valence-corrected chi connectivity index (χ1v) is 6.95. The zero-order valence-electron chi connectivity index (χ0n) is 12.5. The molecule has 1 aromatic rings. The van der Waals surface area contributed by atoms with Crippen molar-refractivity contribution >= 4 is 17.6 Å². The van der Waals surface area contributed by atoms with E-state index in [9.17, 15) is 14.7 Å². The van der Waals surface area contributed by atoms with Gasteiger partial charge in [-0.25, -0.2) is 0 Å². The van der Waals surface area contributed by atoms with E-state index in [1.165, 1.54) is 14.2 Å². The average molecular weight is 304 g/mol. The number of hydrogen-bond donors (Lipinski definition) is 1. The summed E-state index contributed by atoms with van der Waals surface area (Å²) in [5, 5.41) is 13.9. The average Bonchev–Trinajstić information content (AvgIpc) is 2.54. The molecule has 0 aromatic heterocycles. The predicted octanol–water partition coefficient (Wildman–Crippen LogP) is 0.975. The van der Waals surface area contributed by atoms with Crippen LogP contribution in [0.2, 0.25) is 0 Å². The third-order valence-electron chi connectivity index (χ3n) is 3.69. The molecule has 1 aliphatic carbocycles. The van der Waals surface area contributed by atoms with E-state index in [0.717, 1.165) is 0 Å². The van der Waals surface area contributed by atoms with E-state index in [2.05, 4.69) is 5.32 Å². The summed E-state index contributed by atoms with van der Waals surface area (Å²) in [6.07, 6.45) is 4.27. The second-order valence-electron chi connectivity index (χ2n) is 5.07. The summed E-state index contributed by atoms with van der Waals surface area (Å²) in [4.78, 5) is 23.5. The van der Waals surface area contributed by atoms with Gasteiger partial charge in [-0.15, -0.1) is 0 Å². The minimum absolute atomic E-state index is 0.307. The topological polar surface area (TPSA) is 87.7 Å². The van der Waals surface area contributed by atoms with Crippen molar-refractivity contribution in [1.82, 2.24) is 0 Å². The fraction of sp³-hybridized carbons (Fsp3) is 0.375. The molecule has 1 amide bonds. The number of anilines is 1. The molecule has 0 saturated carbocycles. The number of carboxylic acids is 1. The van der Waals surface area contributed by atoms with Gasteiger partial charge < -0.3 is 24.7 Å². The lowest BCUT2D eigenvalue weighted by molar-refractivity contribution is -0.313. The maximum Gasteiger partial charge on any atom is 0.228 e. The zero-order valence-corrected chi connectivity index (χ0v) is 12.5. The molecule has 0 bridgehead atoms. The number of allylic oxidation sites excluding steroid dienone is 2. The second kappa shape index (κ2) is 6.98. The number of nitrogens with one attached hydrogen (secondary N) is 1. The number of benzene rings is 1. The van der Waals surface area contributed by atoms with Crippen LogP contribution in [0.5, 0.6) is 11.5 Å². The number of ether oxygens (including phenoxy) is 2. The fourth-order valence-electron chi connectivity index (χ4n) is 2.48. The van der Waals surface area contributed by atoms with Crippen LogP contribution in [0.1, 0.15) is 12.8 Å². The van der Waals surface area contributed by atoms with Crippen LogP contribution < -0.4 is 19.9 Å². The van der Waals surface area contributed by atoms with Crippen molar-refractivity contribution in [2.45, 2.75) is 12.8 Å². The molecule has 2 rings (SSSR count). The second-order valence-corrected chi connectivity index (χ2v) is 5.07. The fourth-order valence-corrected chi connectivity index (χ4v) is 2.48. The lowest BCUT2D eigenvalue weighted by atomic mass is 9.82. The third kappa shape index (κ3) is 3.58. The molecular formula is C16H18NO5-. The number of rotatable bonds is 5. The Kier molecular flexibility index (Phi) is 5.04. The Morgan fingerprint density at radius 1 is 1.05 bits per heavy atom. The van der Waals surface area contributed by atoms with Gasteiger partial charge >= 0.3 is 0 Å². The Labute approximate surface area is 128 Å². The summed E-state index contributed by atoms with van der Waals surface area (Å²) in [6, 6.07) is 4.98. The number of aliphatic carboxylic acids is 1. The maximum absolute atomic E-state index is 12.4. The quantitative estimate of drug-likeness (QED) is 0.819. The summed E-state index contributed by atoms with van der Waals surface area (Å²) >= 11 is 0. The molecule has 0 heterocycles. The Balaban J connectivity index is 2.17. The molecule has 0 spiro atoms. The van der Waals surface area contributed by atoms with Crippen LogP contribution in [0.25, 0.3) is 0 Å². The molecular weight excluding hydrogens is 286 g/mol. The van der Waals surface area contributed by atoms with Gasteiger partial charge in [0.05, 0.1) is 20.1 Å². The van der Waals surface area contributed by atoms with Crippen molar-refractivity contribution in [1.29, 1.82) is 0 Å². The largest absolute Gasteiger partial charge is 0.550 e. The highest BCUT2D eigenvalue weighted by Gasteiger charge is 2.29. The van der Waals surface area contributed by atoms with E-state index in [4.69, 9.17) is 9.47 Å². The molecule has 1 aromatic carbocycles. The van der Waals surface area contributed by atoms with Gasteiger partial charge in [0, 0.05) is 35.8 Å². The van der Waals surface area contributed by atoms with E-state index in [-0.39, 0.29) is 5.91 Å². The molecule has 1 N–H and O–H groups in total. The summed E-state index contributed by atoms with van der Waals surface area (Å²) in [5.41, 5.74) is 0.493. The number of carbonyl (C=O) groups excluding carboxylic acids is 2. The van der Waals surface area contributed by atoms with Crippen molar-refractivity contribution in [3.05, 3.63) is 30.4 Å². The highest BCUT2D eigenvalue weighted by atomic mass is 16.5. The van der Waals surface area contributed by atoms with E-state index in [1.54, 1.807) is 24.3 Å². The van der Waals surface area contributed by atoms with E-state index >= 15 is 0 Å². The van der Waals surface area contributed by atoms with Crippen LogP contribution in [0.4, 0.5) is 5.69 Å². The van der Waals surface area contributed by atoms with Crippen molar-refractivity contribution in [2.24, 2.45) is 11.8 Å². The molecule has 6 nitrogen and oxygen atoms in total. The van der Waals surface area contributed by atoms with Crippen molar-refractivity contribution in [2.75, 3.05) is 19.5 Å². The third-order valence-corrected chi connectivity index (χ3v) is 3.69. The smallest absolute Gasteiger partial charge is 0.228 e. The van der Waals surface area contributed by atoms with Gasteiger partial charge in [-0.1, -0.05) is 12.2 Å². The monoisotopic (exact) mass is 304 g/mol. The first-order chi connectivity index (χ1) is 10.5. The predicted molar refractivity (Wildman–Crippen MR) is 78.5 cm³/mol. The molecule has 1 aliphatic rings. The number of amides is 1. The minimum atomic E-state index is -1.20. The lowest BCUT2D eigenvalue weighted by Crippen LogP contribution is -2.41. The van der Waals surface area contributed by atoms with Gasteiger partial charge in [0.2, 0.25) is 5.91 Å². The highest BCUT2D eigenvalue weighted by molar-refractivity contribution is 5.95. The van der Waals surface area contributed by atoms with Crippen molar-refractivity contribution in [3.63, 3.8) is 0 Å². The van der Waals surface area contributed by atoms with Crippen LogP contribution in [0, 0.1) is 11.8 Å². The van der Waals surface area contributed by atoms with Gasteiger partial charge in [0.25, 0.3) is 0 Å². The van der Waals surface area contributed by atoms with Crippen LogP contribution in [-0.2, 0) is 9.59 Å². The molecule has 0 unspecified atom stereocenters. The Hall–Kier alpha value is -2.50. The van der Waals surface area contributed by atoms with Gasteiger partial charge in [-0.05, 0) is 12.8 Å². The number of carboxylic acid groups (broad SMARTS) is 1. The lowest BCUT2D eigenvalue weighted by Gasteiger charge is -2.28. The molecule has 0 aliphatic heterocycles. The minimum Gasteiger partial charge on any atom is -0.550 e. The summed E-state index contributed by atoms with van der Waals surface area (Å²) in [6.45, 7) is 0. The normalized spacial score (nSPS) is 20.3. The highest BCUT2D eigenvalue weighted by Crippen LogP contribution is 2.29. The SMILES string of the molecule is COc1cc(NC(=O)[C@@H]2CC=CC[C@H]2C(=O)[O-])cc(OC)c1. The van der Waals surface area contributed by atoms with Gasteiger partial charge in [-0.3, -0.25) is 4.79 Å². The number of hydrogen-bond acceptors (Lipinski definition) is 5. The van der Waals surface area contributed by atoms with E-state index in [1.807, 2.05) is 6.08 Å². The van der Waals surface area contributed by atoms with Gasteiger partial charge in [0.1, 0.15) is 11.5 Å². The molecule has 6 heteroatoms. The Morgan fingerprint density at radius 2 is 1.59 bits per heavy atom. The van der Waals surface area contributed by atoms with E-state index < -0.39 is 17.8 Å². The van der Waals surface area contributed by atoms with Crippen molar-refractivity contribution < 1.29 is 24.2 Å². The first-order valence-electron chi connectivity index (χ1n) is 6.95. The number of methoxy groups -OCH3 is 2. The standard InChI is InChI=1S/C16H19NO5/c1-21-11-7-10(8-12(9-11)22-2)17-15(18)13-5-3-4-6-14(13)16(19)20/h3-4,7-9,13-14H,5-6H2,1-2H3,(H,17,18)(H,19,20)/p-1/t13-,14-/m1/s1. The number of carbonyl (C=O) groups is 2. The summed E-state index contributed by atoms with van der Waals surface area (Å²) in [7, 11) is 3.02. The maximum atomic E-state index is 12.4.